The molecule has 24 heavy (non-hydrogen) atoms. The van der Waals surface area contributed by atoms with Gasteiger partial charge in [-0.2, -0.15) is 0 Å². The molecular weight excluding hydrogens is 324 g/mol. The number of hydrogen-bond donors (Lipinski definition) is 1. The lowest BCUT2D eigenvalue weighted by Crippen LogP contribution is -2.23. The fourth-order valence-corrected chi connectivity index (χ4v) is 4.14. The molecule has 0 fully saturated rings. The molecule has 0 saturated heterocycles. The van der Waals surface area contributed by atoms with Gasteiger partial charge in [-0.15, -0.1) is 0 Å². The fourth-order valence-electron chi connectivity index (χ4n) is 3.11. The number of aromatic nitrogens is 1. The zero-order valence-corrected chi connectivity index (χ0v) is 14.0. The maximum Gasteiger partial charge on any atom is 0.241 e. The first kappa shape index (κ1) is 15.4. The molecule has 1 N–H and O–H groups in total. The summed E-state index contributed by atoms with van der Waals surface area (Å²) in [6, 6.07) is 12.8. The lowest BCUT2D eigenvalue weighted by Gasteiger charge is -2.16. The van der Waals surface area contributed by atoms with Crippen molar-refractivity contribution in [2.45, 2.75) is 37.1 Å². The summed E-state index contributed by atoms with van der Waals surface area (Å²) in [6.45, 7) is 0.0358. The molecular formula is C18H18N2O3S. The fraction of sp³-hybridized carbons (Fsp3) is 0.278. The van der Waals surface area contributed by atoms with Gasteiger partial charge in [0.1, 0.15) is 5.52 Å². The summed E-state index contributed by atoms with van der Waals surface area (Å²) in [5.41, 5.74) is 3.78. The molecule has 2 aromatic carbocycles. The predicted octanol–water partition coefficient (Wildman–Crippen LogP) is 3.19. The van der Waals surface area contributed by atoms with Crippen LogP contribution < -0.4 is 4.72 Å². The number of nitrogens with one attached hydrogen (secondary N) is 1. The van der Waals surface area contributed by atoms with Crippen molar-refractivity contribution in [3.8, 4) is 0 Å². The van der Waals surface area contributed by atoms with Gasteiger partial charge in [0.15, 0.2) is 5.58 Å². The minimum absolute atomic E-state index is 0.0358. The molecule has 3 aromatic rings. The zero-order chi connectivity index (χ0) is 16.6. The van der Waals surface area contributed by atoms with E-state index in [0.29, 0.717) is 16.4 Å². The molecule has 0 amide bonds. The van der Waals surface area contributed by atoms with E-state index >= 15 is 0 Å². The van der Waals surface area contributed by atoms with E-state index in [9.17, 15) is 8.42 Å². The SMILES string of the molecule is O=S(=O)(NCc1nc2ccccc2o1)c1ccc2c(c1)CCCC2. The normalized spacial score (nSPS) is 14.7. The number of aryl methyl sites for hydroxylation is 2. The lowest BCUT2D eigenvalue weighted by molar-refractivity contribution is 0.513. The van der Waals surface area contributed by atoms with Gasteiger partial charge >= 0.3 is 0 Å². The summed E-state index contributed by atoms with van der Waals surface area (Å²) in [5.74, 6) is 0.359. The van der Waals surface area contributed by atoms with Crippen molar-refractivity contribution in [3.63, 3.8) is 0 Å². The Bertz CT molecular complexity index is 959. The Morgan fingerprint density at radius 2 is 1.83 bits per heavy atom. The molecule has 6 heteroatoms. The van der Waals surface area contributed by atoms with Crippen LogP contribution in [0.2, 0.25) is 0 Å². The molecule has 0 atom stereocenters. The quantitative estimate of drug-likeness (QED) is 0.790. The van der Waals surface area contributed by atoms with Gasteiger partial charge in [0.05, 0.1) is 11.4 Å². The lowest BCUT2D eigenvalue weighted by atomic mass is 9.92. The monoisotopic (exact) mass is 342 g/mol. The number of fused-ring (bicyclic) bond motifs is 2. The highest BCUT2D eigenvalue weighted by Gasteiger charge is 2.18. The van der Waals surface area contributed by atoms with E-state index in [0.717, 1.165) is 30.3 Å². The Morgan fingerprint density at radius 1 is 1.04 bits per heavy atom. The number of benzene rings is 2. The minimum Gasteiger partial charge on any atom is -0.439 e. The van der Waals surface area contributed by atoms with Crippen LogP contribution in [-0.2, 0) is 29.4 Å². The molecule has 5 nitrogen and oxygen atoms in total. The first-order chi connectivity index (χ1) is 11.6. The van der Waals surface area contributed by atoms with Crippen molar-refractivity contribution in [2.24, 2.45) is 0 Å². The standard InChI is InChI=1S/C18H18N2O3S/c21-24(22,15-10-9-13-5-1-2-6-14(13)11-15)19-12-18-20-16-7-3-4-8-17(16)23-18/h3-4,7-11,19H,1-2,5-6,12H2. The number of rotatable bonds is 4. The Labute approximate surface area is 140 Å². The molecule has 1 aromatic heterocycles. The summed E-state index contributed by atoms with van der Waals surface area (Å²) < 4.78 is 33.2. The Kier molecular flexibility index (Phi) is 3.86. The molecule has 4 rings (SSSR count). The van der Waals surface area contributed by atoms with Gasteiger partial charge in [-0.05, 0) is 61.1 Å². The van der Waals surface area contributed by atoms with Crippen LogP contribution in [0.15, 0.2) is 51.8 Å². The average molecular weight is 342 g/mol. The highest BCUT2D eigenvalue weighted by atomic mass is 32.2. The molecule has 1 aliphatic carbocycles. The Balaban J connectivity index is 1.54. The van der Waals surface area contributed by atoms with E-state index < -0.39 is 10.0 Å². The van der Waals surface area contributed by atoms with Gasteiger partial charge in [0, 0.05) is 0 Å². The predicted molar refractivity (Wildman–Crippen MR) is 91.1 cm³/mol. The number of nitrogens with zero attached hydrogens (tertiary/aromatic N) is 1. The maximum atomic E-state index is 12.5. The van der Waals surface area contributed by atoms with E-state index in [1.165, 1.54) is 12.0 Å². The molecule has 124 valence electrons. The average Bonchev–Trinajstić information content (AvgIpc) is 3.03. The highest BCUT2D eigenvalue weighted by molar-refractivity contribution is 7.89. The van der Waals surface area contributed by atoms with Crippen molar-refractivity contribution in [2.75, 3.05) is 0 Å². The van der Waals surface area contributed by atoms with E-state index in [-0.39, 0.29) is 6.54 Å². The summed E-state index contributed by atoms with van der Waals surface area (Å²) in [4.78, 5) is 4.59. The van der Waals surface area contributed by atoms with Crippen LogP contribution in [0, 0.1) is 0 Å². The van der Waals surface area contributed by atoms with Crippen molar-refractivity contribution < 1.29 is 12.8 Å². The topological polar surface area (TPSA) is 72.2 Å². The second-order valence-electron chi connectivity index (χ2n) is 6.04. The van der Waals surface area contributed by atoms with Crippen LogP contribution in [0.3, 0.4) is 0 Å². The van der Waals surface area contributed by atoms with E-state index in [1.807, 2.05) is 30.3 Å². The van der Waals surface area contributed by atoms with Gasteiger partial charge in [-0.3, -0.25) is 0 Å². The Hall–Kier alpha value is -2.18. The highest BCUT2D eigenvalue weighted by Crippen LogP contribution is 2.24. The molecule has 0 unspecified atom stereocenters. The molecule has 0 radical (unpaired) electrons. The molecule has 0 spiro atoms. The van der Waals surface area contributed by atoms with Crippen LogP contribution in [0.5, 0.6) is 0 Å². The van der Waals surface area contributed by atoms with Gasteiger partial charge in [0.25, 0.3) is 0 Å². The van der Waals surface area contributed by atoms with Crippen molar-refractivity contribution in [1.29, 1.82) is 0 Å². The minimum atomic E-state index is -3.58. The van der Waals surface area contributed by atoms with Crippen molar-refractivity contribution in [1.82, 2.24) is 9.71 Å². The summed E-state index contributed by atoms with van der Waals surface area (Å²) in [6.07, 6.45) is 4.28. The molecule has 0 saturated carbocycles. The number of oxazole rings is 1. The smallest absolute Gasteiger partial charge is 0.241 e. The third-order valence-electron chi connectivity index (χ3n) is 4.38. The third kappa shape index (κ3) is 2.95. The number of sulfonamides is 1. The van der Waals surface area contributed by atoms with Crippen LogP contribution in [0.4, 0.5) is 0 Å². The molecule has 1 aliphatic rings. The van der Waals surface area contributed by atoms with Gasteiger partial charge in [-0.25, -0.2) is 18.1 Å². The first-order valence-electron chi connectivity index (χ1n) is 8.08. The number of para-hydroxylation sites is 2. The zero-order valence-electron chi connectivity index (χ0n) is 13.2. The van der Waals surface area contributed by atoms with Crippen LogP contribution in [0.25, 0.3) is 11.1 Å². The van der Waals surface area contributed by atoms with Crippen LogP contribution >= 0.6 is 0 Å². The van der Waals surface area contributed by atoms with Gasteiger partial charge in [0.2, 0.25) is 15.9 Å². The molecule has 1 heterocycles. The van der Waals surface area contributed by atoms with E-state index in [2.05, 4.69) is 9.71 Å². The largest absolute Gasteiger partial charge is 0.439 e. The van der Waals surface area contributed by atoms with Crippen molar-refractivity contribution >= 4 is 21.1 Å². The maximum absolute atomic E-state index is 12.5. The summed E-state index contributed by atoms with van der Waals surface area (Å²) in [7, 11) is -3.58. The van der Waals surface area contributed by atoms with Crippen LogP contribution in [0.1, 0.15) is 29.9 Å². The van der Waals surface area contributed by atoms with Crippen LogP contribution in [-0.4, -0.2) is 13.4 Å². The Morgan fingerprint density at radius 3 is 2.67 bits per heavy atom. The third-order valence-corrected chi connectivity index (χ3v) is 5.78. The van der Waals surface area contributed by atoms with E-state index in [1.54, 1.807) is 12.1 Å². The van der Waals surface area contributed by atoms with Crippen molar-refractivity contribution in [3.05, 3.63) is 59.5 Å². The van der Waals surface area contributed by atoms with Gasteiger partial charge < -0.3 is 4.42 Å². The second kappa shape index (κ2) is 6.03. The van der Waals surface area contributed by atoms with E-state index in [4.69, 9.17) is 4.42 Å². The van der Waals surface area contributed by atoms with Gasteiger partial charge in [-0.1, -0.05) is 18.2 Å². The second-order valence-corrected chi connectivity index (χ2v) is 7.80. The molecule has 0 bridgehead atoms. The summed E-state index contributed by atoms with van der Waals surface area (Å²) in [5, 5.41) is 0. The molecule has 0 aliphatic heterocycles. The summed E-state index contributed by atoms with van der Waals surface area (Å²) >= 11 is 0. The number of hydrogen-bond acceptors (Lipinski definition) is 4. The first-order valence-corrected chi connectivity index (χ1v) is 9.56.